The van der Waals surface area contributed by atoms with Crippen molar-refractivity contribution < 1.29 is 24.2 Å². The van der Waals surface area contributed by atoms with Gasteiger partial charge in [0.1, 0.15) is 5.75 Å². The number of nitrogens with one attached hydrogen (secondary N) is 1. The maximum Gasteiger partial charge on any atom is 0.258 e. The molecule has 0 spiro atoms. The molecule has 4 atom stereocenters. The fourth-order valence-corrected chi connectivity index (χ4v) is 5.29. The Morgan fingerprint density at radius 2 is 1.90 bits per heavy atom. The van der Waals surface area contributed by atoms with Crippen molar-refractivity contribution in [1.82, 2.24) is 14.8 Å². The normalized spacial score (nSPS) is 23.3. The second-order valence-corrected chi connectivity index (χ2v) is 11.9. The van der Waals surface area contributed by atoms with Gasteiger partial charge in [-0.05, 0) is 89.2 Å². The zero-order valence-electron chi connectivity index (χ0n) is 24.9. The smallest absolute Gasteiger partial charge is 0.258 e. The lowest BCUT2D eigenvalue weighted by molar-refractivity contribution is -0.0172. The van der Waals surface area contributed by atoms with E-state index in [1.54, 1.807) is 47.6 Å². The maximum absolute atomic E-state index is 14.2. The molecule has 1 aromatic carbocycles. The van der Waals surface area contributed by atoms with Gasteiger partial charge in [-0.15, -0.1) is 0 Å². The van der Waals surface area contributed by atoms with E-state index in [2.05, 4.69) is 29.2 Å². The molecule has 1 aliphatic heterocycles. The molecule has 1 aliphatic carbocycles. The Bertz CT molecular complexity index is 1140. The maximum atomic E-state index is 14.2. The summed E-state index contributed by atoms with van der Waals surface area (Å²) < 4.78 is 12.7. The molecule has 0 saturated heterocycles. The van der Waals surface area contributed by atoms with Gasteiger partial charge >= 0.3 is 0 Å². The van der Waals surface area contributed by atoms with Crippen molar-refractivity contribution in [3.63, 3.8) is 0 Å². The molecular weight excluding hydrogens is 520 g/mol. The quantitative estimate of drug-likeness (QED) is 0.486. The molecule has 9 nitrogen and oxygen atoms in total. The number of fused-ring (bicyclic) bond motifs is 1. The predicted molar refractivity (Wildman–Crippen MR) is 159 cm³/mol. The van der Waals surface area contributed by atoms with Crippen molar-refractivity contribution >= 4 is 17.5 Å². The van der Waals surface area contributed by atoms with Crippen molar-refractivity contribution in [1.29, 1.82) is 0 Å². The number of carbonyl (C=O) groups is 2. The number of hydrogen-bond acceptors (Lipinski definition) is 7. The van der Waals surface area contributed by atoms with Gasteiger partial charge in [0.05, 0.1) is 30.4 Å². The molecule has 2 aliphatic rings. The minimum atomic E-state index is -0.414. The summed E-state index contributed by atoms with van der Waals surface area (Å²) in [5, 5.41) is 13.0. The minimum absolute atomic E-state index is 0.0374. The predicted octanol–water partition coefficient (Wildman–Crippen LogP) is 4.47. The standard InChI is InChI=1S/C32H46N4O5/c1-22-18-36(23(2)21-37)32(39)28-17-27(34-31(38)26-12-14-33-15-13-26)10-11-29(28)41-24(3)7-5-6-16-40-30(22)20-35(4)19-25-8-9-25/h10-15,17,22-25,30,37H,5-9,16,18-21H2,1-4H3,(H,34,38)/t22-,23+,24-,30+/m0/s1. The molecule has 2 aromatic rings. The van der Waals surface area contributed by atoms with Gasteiger partial charge in [0.2, 0.25) is 0 Å². The molecule has 2 heterocycles. The average molecular weight is 567 g/mol. The molecule has 1 saturated carbocycles. The first-order valence-electron chi connectivity index (χ1n) is 15.0. The van der Waals surface area contributed by atoms with Gasteiger partial charge in [-0.25, -0.2) is 0 Å². The molecule has 1 fully saturated rings. The Labute approximate surface area is 244 Å². The number of benzene rings is 1. The van der Waals surface area contributed by atoms with Gasteiger partial charge in [-0.3, -0.25) is 14.6 Å². The summed E-state index contributed by atoms with van der Waals surface area (Å²) in [7, 11) is 2.15. The van der Waals surface area contributed by atoms with E-state index >= 15 is 0 Å². The van der Waals surface area contributed by atoms with Gasteiger partial charge in [0, 0.05) is 55.8 Å². The highest BCUT2D eigenvalue weighted by Gasteiger charge is 2.31. The van der Waals surface area contributed by atoms with Crippen LogP contribution in [0.15, 0.2) is 42.7 Å². The molecule has 1 aromatic heterocycles. The number of nitrogens with zero attached hydrogens (tertiary/aromatic N) is 3. The SMILES string of the molecule is C[C@H](CO)N1C[C@H](C)[C@@H](CN(C)CC2CC2)OCCCC[C@H](C)Oc2ccc(NC(=O)c3ccncc3)cc2C1=O. The zero-order valence-corrected chi connectivity index (χ0v) is 24.9. The summed E-state index contributed by atoms with van der Waals surface area (Å²) in [6, 6.07) is 8.04. The van der Waals surface area contributed by atoms with E-state index in [1.807, 2.05) is 13.8 Å². The zero-order chi connectivity index (χ0) is 29.4. The summed E-state index contributed by atoms with van der Waals surface area (Å²) in [6.07, 6.45) is 8.30. The fraction of sp³-hybridized carbons (Fsp3) is 0.594. The summed E-state index contributed by atoms with van der Waals surface area (Å²) in [4.78, 5) is 35.1. The summed E-state index contributed by atoms with van der Waals surface area (Å²) in [5.41, 5.74) is 1.32. The number of ether oxygens (including phenoxy) is 2. The monoisotopic (exact) mass is 566 g/mol. The van der Waals surface area contributed by atoms with Crippen LogP contribution in [0.2, 0.25) is 0 Å². The van der Waals surface area contributed by atoms with Crippen LogP contribution in [0.1, 0.15) is 73.6 Å². The van der Waals surface area contributed by atoms with E-state index in [0.29, 0.717) is 35.7 Å². The number of likely N-dealkylation sites (N-methyl/N-ethyl adjacent to an activating group) is 1. The highest BCUT2D eigenvalue weighted by atomic mass is 16.5. The molecule has 4 rings (SSSR count). The first-order valence-corrected chi connectivity index (χ1v) is 15.0. The van der Waals surface area contributed by atoms with Crippen molar-refractivity contribution in [3.05, 3.63) is 53.9 Å². The molecule has 0 unspecified atom stereocenters. The van der Waals surface area contributed by atoms with Crippen LogP contribution in [0.4, 0.5) is 5.69 Å². The van der Waals surface area contributed by atoms with Gasteiger partial charge < -0.3 is 29.7 Å². The summed E-state index contributed by atoms with van der Waals surface area (Å²) in [6.45, 7) is 8.76. The Morgan fingerprint density at radius 3 is 2.61 bits per heavy atom. The molecule has 41 heavy (non-hydrogen) atoms. The third-order valence-electron chi connectivity index (χ3n) is 8.01. The summed E-state index contributed by atoms with van der Waals surface area (Å²) in [5.74, 6) is 0.756. The number of aromatic nitrogens is 1. The number of aliphatic hydroxyl groups excluding tert-OH is 1. The molecule has 224 valence electrons. The third-order valence-corrected chi connectivity index (χ3v) is 8.01. The van der Waals surface area contributed by atoms with E-state index in [4.69, 9.17) is 9.47 Å². The highest BCUT2D eigenvalue weighted by molar-refractivity contribution is 6.05. The van der Waals surface area contributed by atoms with E-state index in [9.17, 15) is 14.7 Å². The van der Waals surface area contributed by atoms with Crippen LogP contribution in [0.25, 0.3) is 0 Å². The van der Waals surface area contributed by atoms with Crippen LogP contribution in [0.5, 0.6) is 5.75 Å². The van der Waals surface area contributed by atoms with Gasteiger partial charge in [0.25, 0.3) is 11.8 Å². The van der Waals surface area contributed by atoms with Crippen molar-refractivity contribution in [2.75, 3.05) is 45.2 Å². The third kappa shape index (κ3) is 8.99. The van der Waals surface area contributed by atoms with Crippen LogP contribution < -0.4 is 10.1 Å². The van der Waals surface area contributed by atoms with Crippen LogP contribution in [0.3, 0.4) is 0 Å². The second kappa shape index (κ2) is 14.8. The largest absolute Gasteiger partial charge is 0.490 e. The number of aliphatic hydroxyl groups is 1. The number of amides is 2. The minimum Gasteiger partial charge on any atom is -0.490 e. The number of carbonyl (C=O) groups excluding carboxylic acids is 2. The molecular formula is C32H46N4O5. The van der Waals surface area contributed by atoms with Gasteiger partial charge in [-0.1, -0.05) is 6.92 Å². The summed E-state index contributed by atoms with van der Waals surface area (Å²) >= 11 is 0. The van der Waals surface area contributed by atoms with Crippen molar-refractivity contribution in [2.24, 2.45) is 11.8 Å². The lowest BCUT2D eigenvalue weighted by Crippen LogP contribution is -2.47. The first-order chi connectivity index (χ1) is 19.7. The molecule has 2 amide bonds. The van der Waals surface area contributed by atoms with E-state index in [-0.39, 0.29) is 36.5 Å². The van der Waals surface area contributed by atoms with E-state index < -0.39 is 6.04 Å². The Balaban J connectivity index is 1.62. The van der Waals surface area contributed by atoms with Crippen LogP contribution >= 0.6 is 0 Å². The van der Waals surface area contributed by atoms with Gasteiger partial charge in [-0.2, -0.15) is 0 Å². The highest BCUT2D eigenvalue weighted by Crippen LogP contribution is 2.31. The average Bonchev–Trinajstić information content (AvgIpc) is 3.78. The number of pyridine rings is 1. The number of hydrogen-bond donors (Lipinski definition) is 2. The Kier molecular flexibility index (Phi) is 11.1. The molecule has 0 radical (unpaired) electrons. The lowest BCUT2D eigenvalue weighted by atomic mass is 10.0. The second-order valence-electron chi connectivity index (χ2n) is 11.9. The van der Waals surface area contributed by atoms with Gasteiger partial charge in [0.15, 0.2) is 0 Å². The molecule has 9 heteroatoms. The van der Waals surface area contributed by atoms with Crippen LogP contribution in [-0.2, 0) is 4.74 Å². The first kappa shape index (κ1) is 30.9. The van der Waals surface area contributed by atoms with E-state index in [1.165, 1.54) is 12.8 Å². The van der Waals surface area contributed by atoms with Crippen LogP contribution in [0, 0.1) is 11.8 Å². The lowest BCUT2D eigenvalue weighted by Gasteiger charge is -2.36. The van der Waals surface area contributed by atoms with Crippen molar-refractivity contribution in [3.8, 4) is 5.75 Å². The topological polar surface area (TPSA) is 104 Å². The number of anilines is 1. The molecule has 0 bridgehead atoms. The van der Waals surface area contributed by atoms with Crippen molar-refractivity contribution in [2.45, 2.75) is 71.1 Å². The Hall–Kier alpha value is -3.01. The molecule has 2 N–H and O–H groups in total. The van der Waals surface area contributed by atoms with Crippen LogP contribution in [-0.4, -0.2) is 89.9 Å². The fourth-order valence-electron chi connectivity index (χ4n) is 5.29. The number of rotatable bonds is 8. The Morgan fingerprint density at radius 1 is 1.15 bits per heavy atom. The van der Waals surface area contributed by atoms with E-state index in [0.717, 1.165) is 38.3 Å².